The number of carbonyl (C=O) groups is 1. The molecule has 0 aromatic heterocycles. The molecule has 0 bridgehead atoms. The maximum Gasteiger partial charge on any atom is 0.254 e. The SMILES string of the molecule is CC1NCCCC1N1CCc2ccccc2C1=O. The van der Waals surface area contributed by atoms with Crippen LogP contribution in [0.25, 0.3) is 0 Å². The topological polar surface area (TPSA) is 32.3 Å². The molecule has 1 aromatic rings. The first kappa shape index (κ1) is 11.7. The molecule has 1 aromatic carbocycles. The van der Waals surface area contributed by atoms with Gasteiger partial charge in [0.2, 0.25) is 0 Å². The summed E-state index contributed by atoms with van der Waals surface area (Å²) in [6, 6.07) is 8.79. The summed E-state index contributed by atoms with van der Waals surface area (Å²) in [6.45, 7) is 4.14. The molecule has 2 aliphatic heterocycles. The zero-order chi connectivity index (χ0) is 12.5. The Kier molecular flexibility index (Phi) is 3.08. The lowest BCUT2D eigenvalue weighted by Gasteiger charge is -2.41. The Balaban J connectivity index is 1.86. The van der Waals surface area contributed by atoms with E-state index in [2.05, 4.69) is 23.2 Å². The summed E-state index contributed by atoms with van der Waals surface area (Å²) < 4.78 is 0. The van der Waals surface area contributed by atoms with Gasteiger partial charge in [-0.25, -0.2) is 0 Å². The normalized spacial score (nSPS) is 28.1. The summed E-state index contributed by atoms with van der Waals surface area (Å²) in [5, 5.41) is 3.48. The highest BCUT2D eigenvalue weighted by Gasteiger charge is 2.33. The van der Waals surface area contributed by atoms with Gasteiger partial charge in [0.25, 0.3) is 5.91 Å². The van der Waals surface area contributed by atoms with E-state index in [1.54, 1.807) is 0 Å². The molecule has 0 radical (unpaired) electrons. The molecule has 3 nitrogen and oxygen atoms in total. The van der Waals surface area contributed by atoms with Crippen LogP contribution >= 0.6 is 0 Å². The minimum atomic E-state index is 0.220. The molecule has 3 rings (SSSR count). The first-order valence-corrected chi connectivity index (χ1v) is 6.89. The van der Waals surface area contributed by atoms with E-state index >= 15 is 0 Å². The molecule has 0 spiro atoms. The van der Waals surface area contributed by atoms with Gasteiger partial charge >= 0.3 is 0 Å². The van der Waals surface area contributed by atoms with E-state index in [1.807, 2.05) is 18.2 Å². The van der Waals surface area contributed by atoms with Gasteiger partial charge in [-0.1, -0.05) is 18.2 Å². The minimum Gasteiger partial charge on any atom is -0.334 e. The average molecular weight is 244 g/mol. The van der Waals surface area contributed by atoms with Crippen LogP contribution < -0.4 is 5.32 Å². The molecule has 2 unspecified atom stereocenters. The fourth-order valence-electron chi connectivity index (χ4n) is 3.21. The van der Waals surface area contributed by atoms with Crippen LogP contribution in [0.15, 0.2) is 24.3 Å². The van der Waals surface area contributed by atoms with Crippen LogP contribution in [-0.4, -0.2) is 36.0 Å². The first-order chi connectivity index (χ1) is 8.77. The van der Waals surface area contributed by atoms with E-state index in [-0.39, 0.29) is 5.91 Å². The zero-order valence-electron chi connectivity index (χ0n) is 10.9. The third kappa shape index (κ3) is 1.93. The van der Waals surface area contributed by atoms with Gasteiger partial charge in [-0.15, -0.1) is 0 Å². The van der Waals surface area contributed by atoms with Gasteiger partial charge in [-0.3, -0.25) is 4.79 Å². The lowest BCUT2D eigenvalue weighted by Crippen LogP contribution is -2.55. The quantitative estimate of drug-likeness (QED) is 0.817. The van der Waals surface area contributed by atoms with Crippen LogP contribution in [0.2, 0.25) is 0 Å². The molecule has 18 heavy (non-hydrogen) atoms. The molecule has 1 N–H and O–H groups in total. The second kappa shape index (κ2) is 4.73. The molecule has 3 heteroatoms. The number of piperidine rings is 1. The summed E-state index contributed by atoms with van der Waals surface area (Å²) in [7, 11) is 0. The van der Waals surface area contributed by atoms with Gasteiger partial charge in [0, 0.05) is 24.2 Å². The van der Waals surface area contributed by atoms with Crippen LogP contribution in [0.4, 0.5) is 0 Å². The Morgan fingerprint density at radius 1 is 1.33 bits per heavy atom. The zero-order valence-corrected chi connectivity index (χ0v) is 10.9. The van der Waals surface area contributed by atoms with Crippen LogP contribution in [0.1, 0.15) is 35.7 Å². The summed E-state index contributed by atoms with van der Waals surface area (Å²) in [4.78, 5) is 14.6. The molecule has 1 fully saturated rings. The largest absolute Gasteiger partial charge is 0.334 e. The summed E-state index contributed by atoms with van der Waals surface area (Å²) in [5.74, 6) is 0.220. The van der Waals surface area contributed by atoms with Crippen molar-refractivity contribution in [2.24, 2.45) is 0 Å². The third-order valence-corrected chi connectivity index (χ3v) is 4.25. The fraction of sp³-hybridized carbons (Fsp3) is 0.533. The van der Waals surface area contributed by atoms with E-state index in [1.165, 1.54) is 12.0 Å². The van der Waals surface area contributed by atoms with Crippen molar-refractivity contribution in [3.63, 3.8) is 0 Å². The Hall–Kier alpha value is -1.35. The Morgan fingerprint density at radius 2 is 2.17 bits per heavy atom. The van der Waals surface area contributed by atoms with Crippen molar-refractivity contribution in [1.29, 1.82) is 0 Å². The van der Waals surface area contributed by atoms with Crippen LogP contribution in [0.3, 0.4) is 0 Å². The van der Waals surface area contributed by atoms with Gasteiger partial charge < -0.3 is 10.2 Å². The minimum absolute atomic E-state index is 0.220. The first-order valence-electron chi connectivity index (χ1n) is 6.89. The number of amides is 1. The Morgan fingerprint density at radius 3 is 3.00 bits per heavy atom. The monoisotopic (exact) mass is 244 g/mol. The molecular weight excluding hydrogens is 224 g/mol. The summed E-state index contributed by atoms with van der Waals surface area (Å²) in [6.07, 6.45) is 3.29. The maximum atomic E-state index is 12.6. The highest BCUT2D eigenvalue weighted by atomic mass is 16.2. The molecule has 0 aliphatic carbocycles. The van der Waals surface area contributed by atoms with E-state index < -0.39 is 0 Å². The van der Waals surface area contributed by atoms with Crippen molar-refractivity contribution in [3.05, 3.63) is 35.4 Å². The van der Waals surface area contributed by atoms with Gasteiger partial charge in [0.15, 0.2) is 0 Å². The maximum absolute atomic E-state index is 12.6. The van der Waals surface area contributed by atoms with Crippen LogP contribution in [0.5, 0.6) is 0 Å². The van der Waals surface area contributed by atoms with Gasteiger partial charge in [-0.2, -0.15) is 0 Å². The molecule has 0 saturated carbocycles. The van der Waals surface area contributed by atoms with Crippen molar-refractivity contribution in [2.75, 3.05) is 13.1 Å². The van der Waals surface area contributed by atoms with E-state index in [4.69, 9.17) is 0 Å². The molecule has 1 amide bonds. The molecule has 2 aliphatic rings. The molecule has 2 heterocycles. The summed E-state index contributed by atoms with van der Waals surface area (Å²) in [5.41, 5.74) is 2.11. The van der Waals surface area contributed by atoms with Gasteiger partial charge in [0.05, 0.1) is 0 Å². The van der Waals surface area contributed by atoms with Crippen molar-refractivity contribution >= 4 is 5.91 Å². The number of rotatable bonds is 1. The average Bonchev–Trinajstić information content (AvgIpc) is 2.41. The van der Waals surface area contributed by atoms with Crippen LogP contribution in [-0.2, 0) is 6.42 Å². The highest BCUT2D eigenvalue weighted by Crippen LogP contribution is 2.24. The molecule has 1 saturated heterocycles. The number of nitrogens with one attached hydrogen (secondary N) is 1. The van der Waals surface area contributed by atoms with Crippen LogP contribution in [0, 0.1) is 0 Å². The van der Waals surface area contributed by atoms with Gasteiger partial charge in [-0.05, 0) is 44.4 Å². The molecule has 96 valence electrons. The predicted molar refractivity (Wildman–Crippen MR) is 71.7 cm³/mol. The van der Waals surface area contributed by atoms with E-state index in [9.17, 15) is 4.79 Å². The second-order valence-electron chi connectivity index (χ2n) is 5.36. The Bertz CT molecular complexity index is 458. The second-order valence-corrected chi connectivity index (χ2v) is 5.36. The standard InChI is InChI=1S/C15H20N2O/c1-11-14(7-4-9-16-11)17-10-8-12-5-2-3-6-13(12)15(17)18/h2-3,5-6,11,14,16H,4,7-10H2,1H3. The number of carbonyl (C=O) groups excluding carboxylic acids is 1. The number of nitrogens with zero attached hydrogens (tertiary/aromatic N) is 1. The number of benzene rings is 1. The molecule has 2 atom stereocenters. The third-order valence-electron chi connectivity index (χ3n) is 4.25. The van der Waals surface area contributed by atoms with E-state index in [0.717, 1.165) is 31.5 Å². The van der Waals surface area contributed by atoms with Gasteiger partial charge in [0.1, 0.15) is 0 Å². The molecular formula is C15H20N2O. The van der Waals surface area contributed by atoms with E-state index in [0.29, 0.717) is 12.1 Å². The Labute approximate surface area is 108 Å². The lowest BCUT2D eigenvalue weighted by atomic mass is 9.92. The highest BCUT2D eigenvalue weighted by molar-refractivity contribution is 5.97. The van der Waals surface area contributed by atoms with Crippen molar-refractivity contribution in [2.45, 2.75) is 38.3 Å². The number of hydrogen-bond acceptors (Lipinski definition) is 2. The summed E-state index contributed by atoms with van der Waals surface area (Å²) >= 11 is 0. The fourth-order valence-corrected chi connectivity index (χ4v) is 3.21. The lowest BCUT2D eigenvalue weighted by molar-refractivity contribution is 0.0579. The van der Waals surface area contributed by atoms with Crippen molar-refractivity contribution in [1.82, 2.24) is 10.2 Å². The number of fused-ring (bicyclic) bond motifs is 1. The van der Waals surface area contributed by atoms with Crippen molar-refractivity contribution in [3.8, 4) is 0 Å². The smallest absolute Gasteiger partial charge is 0.254 e. The number of hydrogen-bond donors (Lipinski definition) is 1. The van der Waals surface area contributed by atoms with Crippen molar-refractivity contribution < 1.29 is 4.79 Å². The predicted octanol–water partition coefficient (Wildman–Crippen LogP) is 1.83.